The standard InChI is InChI=1S/C18H23FO2/c1-14-5-4-7-18(11-14)21-13-16-8-9-17(19)12-15(16)6-2-3-10-20/h8-9,12,14,18,20H,3-5,7,10-11,13H2,1H3. The van der Waals surface area contributed by atoms with Crippen molar-refractivity contribution in [3.05, 3.63) is 35.1 Å². The zero-order valence-corrected chi connectivity index (χ0v) is 12.6. The van der Waals surface area contributed by atoms with Crippen LogP contribution in [-0.2, 0) is 11.3 Å². The highest BCUT2D eigenvalue weighted by molar-refractivity contribution is 5.41. The first kappa shape index (κ1) is 16.0. The van der Waals surface area contributed by atoms with E-state index in [9.17, 15) is 4.39 Å². The highest BCUT2D eigenvalue weighted by Crippen LogP contribution is 2.26. The molecule has 0 saturated heterocycles. The summed E-state index contributed by atoms with van der Waals surface area (Å²) in [6.45, 7) is 2.76. The lowest BCUT2D eigenvalue weighted by molar-refractivity contribution is 0.00457. The van der Waals surface area contributed by atoms with Gasteiger partial charge in [0, 0.05) is 12.0 Å². The van der Waals surface area contributed by atoms with E-state index >= 15 is 0 Å². The molecule has 1 aromatic rings. The molecule has 0 heterocycles. The number of halogens is 1. The summed E-state index contributed by atoms with van der Waals surface area (Å²) in [6, 6.07) is 4.62. The molecular weight excluding hydrogens is 267 g/mol. The Morgan fingerprint density at radius 2 is 2.24 bits per heavy atom. The summed E-state index contributed by atoms with van der Waals surface area (Å²) in [5, 5.41) is 8.77. The minimum absolute atomic E-state index is 0.0219. The van der Waals surface area contributed by atoms with Crippen molar-refractivity contribution in [2.75, 3.05) is 6.61 Å². The van der Waals surface area contributed by atoms with Gasteiger partial charge in [-0.3, -0.25) is 0 Å². The molecular formula is C18H23FO2. The van der Waals surface area contributed by atoms with Gasteiger partial charge in [0.05, 0.1) is 19.3 Å². The van der Waals surface area contributed by atoms with Gasteiger partial charge >= 0.3 is 0 Å². The Bertz CT molecular complexity index is 516. The predicted molar refractivity (Wildman–Crippen MR) is 81.2 cm³/mol. The highest BCUT2D eigenvalue weighted by Gasteiger charge is 2.19. The molecule has 1 saturated carbocycles. The lowest BCUT2D eigenvalue weighted by atomic mass is 9.89. The fraction of sp³-hybridized carbons (Fsp3) is 0.556. The molecule has 2 unspecified atom stereocenters. The zero-order valence-electron chi connectivity index (χ0n) is 12.6. The predicted octanol–water partition coefficient (Wildman–Crippen LogP) is 3.65. The number of rotatable bonds is 4. The van der Waals surface area contributed by atoms with Crippen LogP contribution in [0.2, 0.25) is 0 Å². The maximum atomic E-state index is 13.3. The van der Waals surface area contributed by atoms with Crippen LogP contribution in [0.3, 0.4) is 0 Å². The molecule has 114 valence electrons. The second-order valence-electron chi connectivity index (χ2n) is 5.78. The summed E-state index contributed by atoms with van der Waals surface area (Å²) < 4.78 is 19.3. The number of aliphatic hydroxyl groups is 1. The summed E-state index contributed by atoms with van der Waals surface area (Å²) in [7, 11) is 0. The first-order chi connectivity index (χ1) is 10.2. The van der Waals surface area contributed by atoms with Crippen LogP contribution in [0, 0.1) is 23.6 Å². The maximum Gasteiger partial charge on any atom is 0.124 e. The summed E-state index contributed by atoms with van der Waals surface area (Å²) in [5.41, 5.74) is 1.58. The molecule has 1 aliphatic rings. The van der Waals surface area contributed by atoms with Gasteiger partial charge in [0.1, 0.15) is 5.82 Å². The molecule has 0 aliphatic heterocycles. The van der Waals surface area contributed by atoms with E-state index in [-0.39, 0.29) is 12.4 Å². The number of ether oxygens (including phenoxy) is 1. The second kappa shape index (κ2) is 8.17. The Balaban J connectivity index is 2.00. The first-order valence-corrected chi connectivity index (χ1v) is 7.69. The largest absolute Gasteiger partial charge is 0.395 e. The molecule has 2 atom stereocenters. The maximum absolute atomic E-state index is 13.3. The summed E-state index contributed by atoms with van der Waals surface area (Å²) in [4.78, 5) is 0. The van der Waals surface area contributed by atoms with E-state index in [2.05, 4.69) is 18.8 Å². The van der Waals surface area contributed by atoms with Crippen LogP contribution >= 0.6 is 0 Å². The molecule has 0 bridgehead atoms. The van der Waals surface area contributed by atoms with Crippen molar-refractivity contribution >= 4 is 0 Å². The van der Waals surface area contributed by atoms with Gasteiger partial charge in [-0.2, -0.15) is 0 Å². The third-order valence-corrected chi connectivity index (χ3v) is 3.89. The molecule has 1 fully saturated rings. The van der Waals surface area contributed by atoms with Gasteiger partial charge < -0.3 is 9.84 Å². The van der Waals surface area contributed by atoms with Crippen LogP contribution < -0.4 is 0 Å². The number of benzene rings is 1. The van der Waals surface area contributed by atoms with Gasteiger partial charge in [0.15, 0.2) is 0 Å². The SMILES string of the molecule is CC1CCCC(OCc2ccc(F)cc2C#CCCO)C1. The van der Waals surface area contributed by atoms with Crippen LogP contribution in [0.4, 0.5) is 4.39 Å². The van der Waals surface area contributed by atoms with Crippen LogP contribution in [0.1, 0.15) is 50.2 Å². The van der Waals surface area contributed by atoms with Crippen molar-refractivity contribution in [2.45, 2.75) is 51.7 Å². The van der Waals surface area contributed by atoms with E-state index in [1.54, 1.807) is 6.07 Å². The van der Waals surface area contributed by atoms with Gasteiger partial charge in [-0.05, 0) is 36.5 Å². The average Bonchev–Trinajstić information content (AvgIpc) is 2.47. The van der Waals surface area contributed by atoms with E-state index in [0.29, 0.717) is 24.7 Å². The fourth-order valence-corrected chi connectivity index (χ4v) is 2.74. The number of aliphatic hydroxyl groups excluding tert-OH is 1. The summed E-state index contributed by atoms with van der Waals surface area (Å²) in [6.07, 6.45) is 5.42. The summed E-state index contributed by atoms with van der Waals surface area (Å²) in [5.74, 6) is 6.19. The Labute approximate surface area is 126 Å². The van der Waals surface area contributed by atoms with Gasteiger partial charge in [-0.15, -0.1) is 0 Å². The third-order valence-electron chi connectivity index (χ3n) is 3.89. The zero-order chi connectivity index (χ0) is 15.1. The number of hydrogen-bond donors (Lipinski definition) is 1. The van der Waals surface area contributed by atoms with Crippen molar-refractivity contribution in [3.63, 3.8) is 0 Å². The van der Waals surface area contributed by atoms with Crippen LogP contribution in [0.25, 0.3) is 0 Å². The van der Waals surface area contributed by atoms with E-state index in [1.807, 2.05) is 0 Å². The highest BCUT2D eigenvalue weighted by atomic mass is 19.1. The van der Waals surface area contributed by atoms with Crippen LogP contribution in [0.5, 0.6) is 0 Å². The summed E-state index contributed by atoms with van der Waals surface area (Å²) >= 11 is 0. The fourth-order valence-electron chi connectivity index (χ4n) is 2.74. The normalized spacial score (nSPS) is 21.7. The monoisotopic (exact) mass is 290 g/mol. The molecule has 0 radical (unpaired) electrons. The van der Waals surface area contributed by atoms with Crippen molar-refractivity contribution in [1.29, 1.82) is 0 Å². The van der Waals surface area contributed by atoms with Gasteiger partial charge in [0.25, 0.3) is 0 Å². The van der Waals surface area contributed by atoms with Crippen molar-refractivity contribution in [3.8, 4) is 11.8 Å². The Morgan fingerprint density at radius 3 is 3.00 bits per heavy atom. The van der Waals surface area contributed by atoms with Crippen molar-refractivity contribution in [2.24, 2.45) is 5.92 Å². The van der Waals surface area contributed by atoms with Crippen molar-refractivity contribution in [1.82, 2.24) is 0 Å². The van der Waals surface area contributed by atoms with Crippen LogP contribution in [0.15, 0.2) is 18.2 Å². The Morgan fingerprint density at radius 1 is 1.38 bits per heavy atom. The number of hydrogen-bond acceptors (Lipinski definition) is 2. The lowest BCUT2D eigenvalue weighted by Gasteiger charge is -2.27. The molecule has 1 aliphatic carbocycles. The topological polar surface area (TPSA) is 29.5 Å². The van der Waals surface area contributed by atoms with Gasteiger partial charge in [0.2, 0.25) is 0 Å². The van der Waals surface area contributed by atoms with E-state index < -0.39 is 0 Å². The van der Waals surface area contributed by atoms with Crippen LogP contribution in [-0.4, -0.2) is 17.8 Å². The molecule has 0 spiro atoms. The molecule has 3 heteroatoms. The third kappa shape index (κ3) is 5.15. The van der Waals surface area contributed by atoms with Gasteiger partial charge in [-0.1, -0.05) is 37.7 Å². The Hall–Kier alpha value is -1.37. The van der Waals surface area contributed by atoms with Crippen molar-refractivity contribution < 1.29 is 14.2 Å². The first-order valence-electron chi connectivity index (χ1n) is 7.69. The average molecular weight is 290 g/mol. The molecule has 2 rings (SSSR count). The lowest BCUT2D eigenvalue weighted by Crippen LogP contribution is -2.21. The van der Waals surface area contributed by atoms with E-state index in [0.717, 1.165) is 24.3 Å². The molecule has 0 aromatic heterocycles. The molecule has 21 heavy (non-hydrogen) atoms. The molecule has 1 N–H and O–H groups in total. The van der Waals surface area contributed by atoms with Gasteiger partial charge in [-0.25, -0.2) is 4.39 Å². The Kier molecular flexibility index (Phi) is 6.22. The second-order valence-corrected chi connectivity index (χ2v) is 5.78. The molecule has 0 amide bonds. The quantitative estimate of drug-likeness (QED) is 0.858. The molecule has 2 nitrogen and oxygen atoms in total. The minimum atomic E-state index is -0.293. The van der Waals surface area contributed by atoms with E-state index in [1.165, 1.54) is 25.0 Å². The minimum Gasteiger partial charge on any atom is -0.395 e. The van der Waals surface area contributed by atoms with E-state index in [4.69, 9.17) is 9.84 Å². The smallest absolute Gasteiger partial charge is 0.124 e. The molecule has 1 aromatic carbocycles.